The minimum absolute atomic E-state index is 0.208. The van der Waals surface area contributed by atoms with Crippen molar-refractivity contribution in [2.24, 2.45) is 0 Å². The molecular formula is C3H3F2NO2. The number of allylic oxidation sites excluding steroid dienone is 1. The lowest BCUT2D eigenvalue weighted by Gasteiger charge is -1.79. The van der Waals surface area contributed by atoms with Crippen molar-refractivity contribution in [3.63, 3.8) is 0 Å². The molecule has 0 rings (SSSR count). The van der Waals surface area contributed by atoms with Crippen LogP contribution in [-0.2, 0) is 0 Å². The molecule has 46 valence electrons. The molecule has 0 aliphatic heterocycles. The van der Waals surface area contributed by atoms with Gasteiger partial charge in [0.1, 0.15) is 0 Å². The number of hydrogen-bond acceptors (Lipinski definition) is 2. The van der Waals surface area contributed by atoms with Crippen molar-refractivity contribution in [1.29, 1.82) is 0 Å². The normalized spacial score (nSPS) is 10.9. The molecule has 0 saturated heterocycles. The molecule has 0 bridgehead atoms. The molecule has 0 aliphatic rings. The highest BCUT2D eigenvalue weighted by atomic mass is 19.3. The summed E-state index contributed by atoms with van der Waals surface area (Å²) in [6, 6.07) is 0. The summed E-state index contributed by atoms with van der Waals surface area (Å²) >= 11 is 0. The van der Waals surface area contributed by atoms with E-state index in [0.29, 0.717) is 0 Å². The molecule has 0 heterocycles. The van der Waals surface area contributed by atoms with E-state index in [-0.39, 0.29) is 12.3 Å². The Bertz CT molecular complexity index is 112. The highest BCUT2D eigenvalue weighted by molar-refractivity contribution is 4.74. The first-order valence-corrected chi connectivity index (χ1v) is 1.73. The van der Waals surface area contributed by atoms with Crippen LogP contribution in [0.4, 0.5) is 8.78 Å². The molecule has 0 atom stereocenters. The SMILES string of the molecule is O=[N+]([O-])C=CC(F)F. The summed E-state index contributed by atoms with van der Waals surface area (Å²) in [4.78, 5) is 8.35. The molecule has 0 aromatic carbocycles. The van der Waals surface area contributed by atoms with E-state index in [1.54, 1.807) is 0 Å². The maximum absolute atomic E-state index is 11.0. The van der Waals surface area contributed by atoms with Gasteiger partial charge in [0.15, 0.2) is 0 Å². The molecule has 0 aromatic rings. The first-order chi connectivity index (χ1) is 3.63. The number of nitro groups is 1. The van der Waals surface area contributed by atoms with E-state index in [2.05, 4.69) is 0 Å². The summed E-state index contributed by atoms with van der Waals surface area (Å²) < 4.78 is 22.0. The summed E-state index contributed by atoms with van der Waals surface area (Å²) in [7, 11) is 0. The lowest BCUT2D eigenvalue weighted by atomic mass is 10.6. The van der Waals surface area contributed by atoms with Crippen molar-refractivity contribution in [2.45, 2.75) is 6.43 Å². The molecule has 3 nitrogen and oxygen atoms in total. The average Bonchev–Trinajstić information content (AvgIpc) is 1.61. The Labute approximate surface area is 43.8 Å². The second-order valence-corrected chi connectivity index (χ2v) is 0.961. The molecule has 0 N–H and O–H groups in total. The molecule has 0 unspecified atom stereocenters. The Kier molecular flexibility index (Phi) is 2.68. The van der Waals surface area contributed by atoms with E-state index in [9.17, 15) is 18.9 Å². The molecule has 5 heteroatoms. The Morgan fingerprint density at radius 1 is 1.62 bits per heavy atom. The molecule has 0 fully saturated rings. The zero-order valence-electron chi connectivity index (χ0n) is 3.75. The van der Waals surface area contributed by atoms with Crippen molar-refractivity contribution >= 4 is 0 Å². The van der Waals surface area contributed by atoms with Gasteiger partial charge in [0.25, 0.3) is 6.43 Å². The van der Waals surface area contributed by atoms with Crippen LogP contribution >= 0.6 is 0 Å². The first kappa shape index (κ1) is 7.00. The predicted octanol–water partition coefficient (Wildman–Crippen LogP) is 1.04. The molecule has 0 spiro atoms. The quantitative estimate of drug-likeness (QED) is 0.406. The lowest BCUT2D eigenvalue weighted by Crippen LogP contribution is -1.87. The third kappa shape index (κ3) is 5.00. The highest BCUT2D eigenvalue weighted by Gasteiger charge is 1.95. The molecule has 0 radical (unpaired) electrons. The van der Waals surface area contributed by atoms with Crippen molar-refractivity contribution in [3.8, 4) is 0 Å². The molecule has 0 aliphatic carbocycles. The van der Waals surface area contributed by atoms with Gasteiger partial charge in [0.2, 0.25) is 6.20 Å². The van der Waals surface area contributed by atoms with Crippen LogP contribution in [0.15, 0.2) is 12.3 Å². The van der Waals surface area contributed by atoms with Crippen LogP contribution < -0.4 is 0 Å². The van der Waals surface area contributed by atoms with Crippen molar-refractivity contribution in [3.05, 3.63) is 22.4 Å². The summed E-state index contributed by atoms with van der Waals surface area (Å²) in [6.45, 7) is 0. The fourth-order valence-corrected chi connectivity index (χ4v) is 0.135. The summed E-state index contributed by atoms with van der Waals surface area (Å²) in [5, 5.41) is 9.29. The maximum atomic E-state index is 11.0. The first-order valence-electron chi connectivity index (χ1n) is 1.73. The molecule has 0 aromatic heterocycles. The highest BCUT2D eigenvalue weighted by Crippen LogP contribution is 1.92. The van der Waals surface area contributed by atoms with E-state index in [0.717, 1.165) is 0 Å². The van der Waals surface area contributed by atoms with Gasteiger partial charge in [-0.2, -0.15) is 0 Å². The van der Waals surface area contributed by atoms with Gasteiger partial charge in [-0.1, -0.05) is 0 Å². The van der Waals surface area contributed by atoms with Gasteiger partial charge >= 0.3 is 0 Å². The van der Waals surface area contributed by atoms with Gasteiger partial charge in [-0.3, -0.25) is 10.1 Å². The van der Waals surface area contributed by atoms with Gasteiger partial charge in [-0.05, 0) is 0 Å². The van der Waals surface area contributed by atoms with Crippen LogP contribution in [0.3, 0.4) is 0 Å². The Hall–Kier alpha value is -1.00. The van der Waals surface area contributed by atoms with Gasteiger partial charge in [-0.15, -0.1) is 0 Å². The van der Waals surface area contributed by atoms with Crippen LogP contribution in [-0.4, -0.2) is 11.3 Å². The van der Waals surface area contributed by atoms with Crippen LogP contribution in [0.1, 0.15) is 0 Å². The standard InChI is InChI=1S/C3H3F2NO2/c4-3(5)1-2-6(7)8/h1-3H. The fourth-order valence-electron chi connectivity index (χ4n) is 0.135. The number of halogens is 2. The number of hydrogen-bond donors (Lipinski definition) is 0. The average molecular weight is 123 g/mol. The third-order valence-electron chi connectivity index (χ3n) is 0.353. The van der Waals surface area contributed by atoms with E-state index < -0.39 is 11.3 Å². The Morgan fingerprint density at radius 3 is 2.25 bits per heavy atom. The van der Waals surface area contributed by atoms with Crippen LogP contribution in [0.5, 0.6) is 0 Å². The molecule has 8 heavy (non-hydrogen) atoms. The van der Waals surface area contributed by atoms with Gasteiger partial charge in [0.05, 0.1) is 11.0 Å². The third-order valence-corrected chi connectivity index (χ3v) is 0.353. The molecule has 0 saturated carbocycles. The van der Waals surface area contributed by atoms with Crippen LogP contribution in [0, 0.1) is 10.1 Å². The second-order valence-electron chi connectivity index (χ2n) is 0.961. The summed E-state index contributed by atoms with van der Waals surface area (Å²) in [6.07, 6.45) is -2.31. The van der Waals surface area contributed by atoms with Crippen LogP contribution in [0.2, 0.25) is 0 Å². The van der Waals surface area contributed by atoms with Gasteiger partial charge in [-0.25, -0.2) is 8.78 Å². The topological polar surface area (TPSA) is 43.1 Å². The largest absolute Gasteiger partial charge is 0.263 e. The number of rotatable bonds is 2. The fraction of sp³-hybridized carbons (Fsp3) is 0.333. The monoisotopic (exact) mass is 123 g/mol. The zero-order chi connectivity index (χ0) is 6.57. The summed E-state index contributed by atoms with van der Waals surface area (Å²) in [5.74, 6) is 0. The van der Waals surface area contributed by atoms with E-state index in [1.807, 2.05) is 0 Å². The zero-order valence-corrected chi connectivity index (χ0v) is 3.75. The number of alkyl halides is 2. The predicted molar refractivity (Wildman–Crippen MR) is 22.1 cm³/mol. The van der Waals surface area contributed by atoms with Gasteiger partial charge < -0.3 is 0 Å². The maximum Gasteiger partial charge on any atom is 0.263 e. The van der Waals surface area contributed by atoms with Crippen molar-refractivity contribution in [1.82, 2.24) is 0 Å². The summed E-state index contributed by atoms with van der Waals surface area (Å²) in [5.41, 5.74) is 0. The van der Waals surface area contributed by atoms with E-state index in [1.165, 1.54) is 0 Å². The molecule has 0 amide bonds. The molecular weight excluding hydrogens is 120 g/mol. The van der Waals surface area contributed by atoms with Crippen molar-refractivity contribution < 1.29 is 13.7 Å². The second kappa shape index (κ2) is 3.06. The number of nitrogens with zero attached hydrogens (tertiary/aromatic N) is 1. The Balaban J connectivity index is 3.50. The lowest BCUT2D eigenvalue weighted by molar-refractivity contribution is -0.403. The van der Waals surface area contributed by atoms with E-state index >= 15 is 0 Å². The Morgan fingerprint density at radius 2 is 2.12 bits per heavy atom. The van der Waals surface area contributed by atoms with Crippen LogP contribution in [0.25, 0.3) is 0 Å². The smallest absolute Gasteiger partial charge is 0.259 e. The minimum Gasteiger partial charge on any atom is -0.259 e. The van der Waals surface area contributed by atoms with Gasteiger partial charge in [0, 0.05) is 0 Å². The minimum atomic E-state index is -2.74. The van der Waals surface area contributed by atoms with Crippen molar-refractivity contribution in [2.75, 3.05) is 0 Å². The van der Waals surface area contributed by atoms with E-state index in [4.69, 9.17) is 0 Å².